The van der Waals surface area contributed by atoms with Gasteiger partial charge >= 0.3 is 14.2 Å². The summed E-state index contributed by atoms with van der Waals surface area (Å²) >= 11 is 0. The molecule has 0 aromatic carbocycles. The van der Waals surface area contributed by atoms with E-state index < -0.39 is 43.8 Å². The van der Waals surface area contributed by atoms with E-state index in [1.165, 1.54) is 17.2 Å². The highest BCUT2D eigenvalue weighted by Crippen LogP contribution is 2.54. The van der Waals surface area contributed by atoms with E-state index in [4.69, 9.17) is 19.9 Å². The molecule has 0 spiro atoms. The second-order valence-corrected chi connectivity index (χ2v) is 9.73. The zero-order chi connectivity index (χ0) is 23.6. The number of rotatable bonds is 9. The van der Waals surface area contributed by atoms with Gasteiger partial charge in [-0.25, -0.2) is 9.46 Å². The third-order valence-electron chi connectivity index (χ3n) is 5.24. The zero-order valence-corrected chi connectivity index (χ0v) is 19.8. The molecule has 3 rings (SSSR count). The Bertz CT molecular complexity index is 929. The molecule has 0 amide bonds. The summed E-state index contributed by atoms with van der Waals surface area (Å²) < 4.78 is 36.2. The maximum Gasteiger partial charge on any atom is 0.330 e. The molecule has 1 aromatic heterocycles. The third-order valence-corrected chi connectivity index (χ3v) is 7.22. The summed E-state index contributed by atoms with van der Waals surface area (Å²) in [5.74, 6) is 0. The standard InChI is InChI=1S/C20H33N4O6P/c1-8-21-11-28-31(24(12(2)3)13(4)5)30-16-15-18(29-20(16,7)10-27-15)23-9-14(6)17(25)22-19(23)26/h9,11-13,15-16,18H,8,10H2,1-7H3,(H,22,25,26)/i7D. The van der Waals surface area contributed by atoms with Crippen molar-refractivity contribution in [3.05, 3.63) is 32.6 Å². The molecule has 5 atom stereocenters. The average molecular weight is 457 g/mol. The van der Waals surface area contributed by atoms with Crippen LogP contribution in [0.2, 0.25) is 0 Å². The predicted octanol–water partition coefficient (Wildman–Crippen LogP) is 2.33. The van der Waals surface area contributed by atoms with Crippen LogP contribution in [0.4, 0.5) is 0 Å². The fraction of sp³-hybridized carbons (Fsp3) is 0.750. The molecule has 0 radical (unpaired) electrons. The van der Waals surface area contributed by atoms with Crippen LogP contribution in [-0.2, 0) is 18.5 Å². The number of aliphatic imine (C=N–C) groups is 1. The molecule has 0 aliphatic carbocycles. The van der Waals surface area contributed by atoms with Crippen LogP contribution in [0.1, 0.15) is 54.7 Å². The lowest BCUT2D eigenvalue weighted by atomic mass is 10.0. The number of nitrogens with one attached hydrogen (secondary N) is 1. The molecule has 2 saturated heterocycles. The lowest BCUT2D eigenvalue weighted by Gasteiger charge is -2.36. The van der Waals surface area contributed by atoms with Gasteiger partial charge in [-0.2, -0.15) is 0 Å². The molecule has 2 aliphatic heterocycles. The smallest absolute Gasteiger partial charge is 0.330 e. The highest BCUT2D eigenvalue weighted by molar-refractivity contribution is 7.45. The van der Waals surface area contributed by atoms with Gasteiger partial charge in [-0.05, 0) is 48.4 Å². The second-order valence-electron chi connectivity index (χ2n) is 8.37. The molecule has 31 heavy (non-hydrogen) atoms. The molecular weight excluding hydrogens is 423 g/mol. The maximum atomic E-state index is 12.5. The fourth-order valence-corrected chi connectivity index (χ4v) is 5.52. The van der Waals surface area contributed by atoms with Crippen molar-refractivity contribution < 1.29 is 19.9 Å². The minimum absolute atomic E-state index is 0.114. The summed E-state index contributed by atoms with van der Waals surface area (Å²) in [6, 6.07) is 0.258. The molecule has 3 heterocycles. The number of aromatic amines is 1. The molecule has 0 saturated carbocycles. The topological polar surface area (TPSA) is 107 Å². The van der Waals surface area contributed by atoms with E-state index in [-0.39, 0.29) is 25.6 Å². The van der Waals surface area contributed by atoms with Crippen molar-refractivity contribution in [1.82, 2.24) is 14.2 Å². The number of hydrogen-bond donors (Lipinski definition) is 1. The molecule has 1 N–H and O–H groups in total. The number of fused-ring (bicyclic) bond motifs is 2. The van der Waals surface area contributed by atoms with Gasteiger partial charge in [0.1, 0.15) is 17.8 Å². The third kappa shape index (κ3) is 4.78. The normalized spacial score (nSPS) is 29.5. The van der Waals surface area contributed by atoms with Crippen LogP contribution < -0.4 is 11.2 Å². The monoisotopic (exact) mass is 457 g/mol. The first-order valence-electron chi connectivity index (χ1n) is 11.2. The van der Waals surface area contributed by atoms with Crippen LogP contribution in [0.15, 0.2) is 20.8 Å². The molecule has 1 aromatic rings. The van der Waals surface area contributed by atoms with Crippen molar-refractivity contribution in [2.24, 2.45) is 4.99 Å². The van der Waals surface area contributed by atoms with Gasteiger partial charge in [-0.1, -0.05) is 0 Å². The summed E-state index contributed by atoms with van der Waals surface area (Å²) in [5, 5.41) is 0. The summed E-state index contributed by atoms with van der Waals surface area (Å²) in [7, 11) is -1.59. The Labute approximate surface area is 184 Å². The summed E-state index contributed by atoms with van der Waals surface area (Å²) in [5.41, 5.74) is -1.72. The van der Waals surface area contributed by atoms with Crippen LogP contribution >= 0.6 is 8.53 Å². The SMILES string of the molecule is [2H]CC12COC(C(n3cc(C)c(=O)[nH]c3=O)O1)C2OP(OC=NCC)N(C(C)C)C(C)C. The molecule has 2 fully saturated rings. The van der Waals surface area contributed by atoms with Crippen LogP contribution in [-0.4, -0.2) is 63.7 Å². The van der Waals surface area contributed by atoms with Crippen LogP contribution in [0.5, 0.6) is 0 Å². The molecule has 10 nitrogen and oxygen atoms in total. The van der Waals surface area contributed by atoms with E-state index in [0.29, 0.717) is 12.1 Å². The zero-order valence-electron chi connectivity index (χ0n) is 19.9. The van der Waals surface area contributed by atoms with Gasteiger partial charge in [0.2, 0.25) is 0 Å². The van der Waals surface area contributed by atoms with Crippen molar-refractivity contribution in [3.63, 3.8) is 0 Å². The molecule has 11 heteroatoms. The van der Waals surface area contributed by atoms with Crippen molar-refractivity contribution in [3.8, 4) is 0 Å². The van der Waals surface area contributed by atoms with Gasteiger partial charge in [-0.3, -0.25) is 19.3 Å². The van der Waals surface area contributed by atoms with Crippen molar-refractivity contribution in [2.45, 2.75) is 84.6 Å². The van der Waals surface area contributed by atoms with Crippen LogP contribution in [0.25, 0.3) is 0 Å². The minimum atomic E-state index is -1.59. The van der Waals surface area contributed by atoms with Crippen molar-refractivity contribution in [1.29, 1.82) is 0 Å². The first-order chi connectivity index (χ1) is 15.1. The van der Waals surface area contributed by atoms with Crippen molar-refractivity contribution in [2.75, 3.05) is 13.2 Å². The van der Waals surface area contributed by atoms with E-state index in [0.717, 1.165) is 0 Å². The van der Waals surface area contributed by atoms with E-state index in [9.17, 15) is 9.59 Å². The Morgan fingerprint density at radius 2 is 2.16 bits per heavy atom. The lowest BCUT2D eigenvalue weighted by molar-refractivity contribution is -0.167. The lowest BCUT2D eigenvalue weighted by Crippen LogP contribution is -2.41. The van der Waals surface area contributed by atoms with E-state index in [1.54, 1.807) is 6.92 Å². The second kappa shape index (κ2) is 9.50. The van der Waals surface area contributed by atoms with Crippen LogP contribution in [0.3, 0.4) is 0 Å². The van der Waals surface area contributed by atoms with Crippen LogP contribution in [0, 0.1) is 6.92 Å². The predicted molar refractivity (Wildman–Crippen MR) is 118 cm³/mol. The number of H-pyrrole nitrogens is 1. The molecular formula is C20H33N4O6P. The Morgan fingerprint density at radius 1 is 1.45 bits per heavy atom. The minimum Gasteiger partial charge on any atom is -0.425 e. The molecule has 174 valence electrons. The highest BCUT2D eigenvalue weighted by Gasteiger charge is 2.62. The molecule has 2 aliphatic rings. The summed E-state index contributed by atoms with van der Waals surface area (Å²) in [6.07, 6.45) is 0.760. The molecule has 2 bridgehead atoms. The summed E-state index contributed by atoms with van der Waals surface area (Å²) in [4.78, 5) is 30.7. The quantitative estimate of drug-likeness (QED) is 0.345. The number of hydrogen-bond acceptors (Lipinski definition) is 8. The molecule has 5 unspecified atom stereocenters. The van der Waals surface area contributed by atoms with E-state index >= 15 is 0 Å². The summed E-state index contributed by atoms with van der Waals surface area (Å²) in [6.45, 7) is 12.4. The Balaban J connectivity index is 1.94. The van der Waals surface area contributed by atoms with Crippen molar-refractivity contribution >= 4 is 14.9 Å². The van der Waals surface area contributed by atoms with Gasteiger partial charge in [0, 0.05) is 31.8 Å². The first-order valence-corrected chi connectivity index (χ1v) is 11.6. The Hall–Kier alpha value is -1.58. The average Bonchev–Trinajstić information content (AvgIpc) is 3.22. The maximum absolute atomic E-state index is 12.5. The van der Waals surface area contributed by atoms with Gasteiger partial charge in [0.15, 0.2) is 12.6 Å². The number of nitrogens with zero attached hydrogens (tertiary/aromatic N) is 3. The first kappa shape index (κ1) is 22.6. The Kier molecular flexibility index (Phi) is 6.93. The fourth-order valence-electron chi connectivity index (χ4n) is 3.85. The van der Waals surface area contributed by atoms with Gasteiger partial charge in [0.25, 0.3) is 5.56 Å². The van der Waals surface area contributed by atoms with Gasteiger partial charge < -0.3 is 18.5 Å². The Morgan fingerprint density at radius 3 is 2.77 bits per heavy atom. The number of ether oxygens (including phenoxy) is 2. The van der Waals surface area contributed by atoms with E-state index in [1.807, 2.05) is 6.92 Å². The number of aryl methyl sites for hydroxylation is 1. The highest BCUT2D eigenvalue weighted by atomic mass is 31.2. The van der Waals surface area contributed by atoms with Gasteiger partial charge in [0.05, 0.1) is 6.61 Å². The van der Waals surface area contributed by atoms with E-state index in [2.05, 4.69) is 42.3 Å². The van der Waals surface area contributed by atoms with Gasteiger partial charge in [-0.15, -0.1) is 0 Å². The number of aromatic nitrogens is 2. The largest absolute Gasteiger partial charge is 0.425 e.